The first-order valence-corrected chi connectivity index (χ1v) is 9.88. The first-order chi connectivity index (χ1) is 14.1. The number of alkyl halides is 3. The molecule has 1 aliphatic heterocycles. The number of rotatable bonds is 6. The van der Waals surface area contributed by atoms with Crippen LogP contribution in [0.3, 0.4) is 0 Å². The third kappa shape index (κ3) is 5.44. The number of aliphatic hydroxyl groups is 1. The van der Waals surface area contributed by atoms with Gasteiger partial charge < -0.3 is 15.7 Å². The van der Waals surface area contributed by atoms with E-state index in [1.165, 1.54) is 4.90 Å². The van der Waals surface area contributed by atoms with Crippen LogP contribution >= 0.6 is 11.6 Å². The minimum Gasteiger partial charge on any atom is -0.398 e. The summed E-state index contributed by atoms with van der Waals surface area (Å²) in [6.07, 6.45) is -3.50. The van der Waals surface area contributed by atoms with Crippen molar-refractivity contribution in [3.05, 3.63) is 46.2 Å². The zero-order valence-corrected chi connectivity index (χ0v) is 16.9. The van der Waals surface area contributed by atoms with Crippen LogP contribution in [0.4, 0.5) is 18.9 Å². The Morgan fingerprint density at radius 2 is 2.20 bits per heavy atom. The van der Waals surface area contributed by atoms with Crippen LogP contribution in [0.1, 0.15) is 34.6 Å². The Kier molecular flexibility index (Phi) is 6.89. The number of hydrogen-bond acceptors (Lipinski definition) is 5. The molecule has 0 aliphatic carbocycles. The van der Waals surface area contributed by atoms with Crippen molar-refractivity contribution in [2.45, 2.75) is 31.7 Å². The number of nitrogen functional groups attached to an aromatic ring is 1. The largest absolute Gasteiger partial charge is 0.432 e. The SMILES string of the molecule is Nc1cccc(Cl)c1CN(CCN1CCCC(O)C1)C(=O)c1cc(C(F)(F)F)[nH]n1. The zero-order chi connectivity index (χ0) is 21.9. The Morgan fingerprint density at radius 3 is 2.83 bits per heavy atom. The van der Waals surface area contributed by atoms with E-state index >= 15 is 0 Å². The van der Waals surface area contributed by atoms with E-state index in [0.717, 1.165) is 19.4 Å². The topological polar surface area (TPSA) is 98.5 Å². The van der Waals surface area contributed by atoms with Gasteiger partial charge in [0.05, 0.1) is 6.10 Å². The number of aliphatic hydroxyl groups excluding tert-OH is 1. The van der Waals surface area contributed by atoms with Crippen LogP contribution < -0.4 is 5.73 Å². The van der Waals surface area contributed by atoms with Crippen molar-refractivity contribution < 1.29 is 23.1 Å². The second kappa shape index (κ2) is 9.23. The molecule has 1 saturated heterocycles. The second-order valence-electron chi connectivity index (χ2n) is 7.30. The van der Waals surface area contributed by atoms with Gasteiger partial charge in [0.2, 0.25) is 0 Å². The van der Waals surface area contributed by atoms with E-state index in [4.69, 9.17) is 17.3 Å². The molecule has 30 heavy (non-hydrogen) atoms. The summed E-state index contributed by atoms with van der Waals surface area (Å²) in [5.74, 6) is -0.668. The molecular formula is C19H23ClF3N5O2. The molecule has 4 N–H and O–H groups in total. The van der Waals surface area contributed by atoms with Gasteiger partial charge in [0, 0.05) is 48.5 Å². The van der Waals surface area contributed by atoms with Crippen molar-refractivity contribution in [2.24, 2.45) is 0 Å². The molecule has 0 saturated carbocycles. The molecule has 1 aromatic heterocycles. The van der Waals surface area contributed by atoms with Gasteiger partial charge in [0.25, 0.3) is 5.91 Å². The van der Waals surface area contributed by atoms with Crippen LogP contribution in [0, 0.1) is 0 Å². The molecule has 1 aliphatic rings. The Hall–Kier alpha value is -2.30. The lowest BCUT2D eigenvalue weighted by molar-refractivity contribution is -0.141. The summed E-state index contributed by atoms with van der Waals surface area (Å²) in [5.41, 5.74) is 5.45. The summed E-state index contributed by atoms with van der Waals surface area (Å²) in [5, 5.41) is 15.6. The van der Waals surface area contributed by atoms with Crippen LogP contribution in [0.25, 0.3) is 0 Å². The summed E-state index contributed by atoms with van der Waals surface area (Å²) in [6.45, 7) is 1.94. The fourth-order valence-corrected chi connectivity index (χ4v) is 3.66. The van der Waals surface area contributed by atoms with Crippen molar-refractivity contribution in [2.75, 3.05) is 31.9 Å². The third-order valence-electron chi connectivity index (χ3n) is 5.06. The predicted molar refractivity (Wildman–Crippen MR) is 106 cm³/mol. The van der Waals surface area contributed by atoms with Crippen molar-refractivity contribution in [1.29, 1.82) is 0 Å². The fraction of sp³-hybridized carbons (Fsp3) is 0.474. The molecular weight excluding hydrogens is 423 g/mol. The van der Waals surface area contributed by atoms with Gasteiger partial charge in [-0.05, 0) is 31.5 Å². The number of carbonyl (C=O) groups excluding carboxylic acids is 1. The van der Waals surface area contributed by atoms with E-state index in [-0.39, 0.29) is 18.8 Å². The van der Waals surface area contributed by atoms with E-state index in [1.807, 2.05) is 10.00 Å². The first kappa shape index (κ1) is 22.4. The van der Waals surface area contributed by atoms with Crippen molar-refractivity contribution >= 4 is 23.2 Å². The van der Waals surface area contributed by atoms with E-state index in [1.54, 1.807) is 18.2 Å². The number of hydrogen-bond donors (Lipinski definition) is 3. The second-order valence-corrected chi connectivity index (χ2v) is 7.70. The third-order valence-corrected chi connectivity index (χ3v) is 5.41. The van der Waals surface area contributed by atoms with Crippen LogP contribution in [0.2, 0.25) is 5.02 Å². The maximum Gasteiger partial charge on any atom is 0.432 e. The van der Waals surface area contributed by atoms with Gasteiger partial charge >= 0.3 is 6.18 Å². The Balaban J connectivity index is 1.80. The maximum atomic E-state index is 13.0. The minimum atomic E-state index is -4.63. The van der Waals surface area contributed by atoms with Crippen LogP contribution in [0.15, 0.2) is 24.3 Å². The number of anilines is 1. The van der Waals surface area contributed by atoms with Gasteiger partial charge in [-0.3, -0.25) is 14.8 Å². The van der Waals surface area contributed by atoms with Gasteiger partial charge in [-0.25, -0.2) is 0 Å². The number of H-pyrrole nitrogens is 1. The summed E-state index contributed by atoms with van der Waals surface area (Å²) < 4.78 is 38.7. The van der Waals surface area contributed by atoms with E-state index in [9.17, 15) is 23.1 Å². The Morgan fingerprint density at radius 1 is 1.43 bits per heavy atom. The highest BCUT2D eigenvalue weighted by Gasteiger charge is 2.34. The maximum absolute atomic E-state index is 13.0. The van der Waals surface area contributed by atoms with Gasteiger partial charge in [-0.15, -0.1) is 0 Å². The number of aromatic nitrogens is 2. The molecule has 1 aromatic carbocycles. The molecule has 2 aromatic rings. The molecule has 1 fully saturated rings. The lowest BCUT2D eigenvalue weighted by Crippen LogP contribution is -2.44. The lowest BCUT2D eigenvalue weighted by atomic mass is 10.1. The van der Waals surface area contributed by atoms with E-state index in [2.05, 4.69) is 5.10 Å². The smallest absolute Gasteiger partial charge is 0.398 e. The van der Waals surface area contributed by atoms with Gasteiger partial charge in [-0.2, -0.15) is 18.3 Å². The minimum absolute atomic E-state index is 0.0228. The molecule has 0 radical (unpaired) electrons. The number of halogens is 4. The number of carbonyl (C=O) groups is 1. The fourth-order valence-electron chi connectivity index (χ4n) is 3.42. The quantitative estimate of drug-likeness (QED) is 0.594. The molecule has 2 heterocycles. The predicted octanol–water partition coefficient (Wildman–Crippen LogP) is 2.76. The number of nitrogens with one attached hydrogen (secondary N) is 1. The van der Waals surface area contributed by atoms with Gasteiger partial charge in [0.1, 0.15) is 5.69 Å². The number of piperidine rings is 1. The Labute approximate surface area is 176 Å². The first-order valence-electron chi connectivity index (χ1n) is 9.50. The van der Waals surface area contributed by atoms with Crippen LogP contribution in [-0.4, -0.2) is 63.3 Å². The van der Waals surface area contributed by atoms with Crippen molar-refractivity contribution in [3.63, 3.8) is 0 Å². The number of benzene rings is 1. The number of β-amino-alcohol motifs (C(OH)–C–C–N with tert-alkyl or cyclic N) is 1. The monoisotopic (exact) mass is 445 g/mol. The van der Waals surface area contributed by atoms with Crippen molar-refractivity contribution in [3.8, 4) is 0 Å². The normalized spacial score (nSPS) is 17.8. The number of aromatic amines is 1. The highest BCUT2D eigenvalue weighted by Crippen LogP contribution is 2.29. The molecule has 1 amide bonds. The molecule has 11 heteroatoms. The summed E-state index contributed by atoms with van der Waals surface area (Å²) in [7, 11) is 0. The number of nitrogens with zero attached hydrogens (tertiary/aromatic N) is 3. The summed E-state index contributed by atoms with van der Waals surface area (Å²) in [6, 6.07) is 5.63. The average Bonchev–Trinajstić information content (AvgIpc) is 3.17. The molecule has 0 bridgehead atoms. The number of nitrogens with two attached hydrogens (primary N) is 1. The Bertz CT molecular complexity index is 869. The number of amides is 1. The van der Waals surface area contributed by atoms with Gasteiger partial charge in [-0.1, -0.05) is 17.7 Å². The lowest BCUT2D eigenvalue weighted by Gasteiger charge is -2.32. The standard InChI is InChI=1S/C19H23ClF3N5O2/c20-14-4-1-5-15(24)13(14)11-28(8-7-27-6-2-3-12(29)10-27)18(30)16-9-17(26-25-16)19(21,22)23/h1,4-5,9,12,29H,2-3,6-8,10-11,24H2,(H,25,26). The molecule has 7 nitrogen and oxygen atoms in total. The molecule has 164 valence electrons. The van der Waals surface area contributed by atoms with Crippen LogP contribution in [-0.2, 0) is 12.7 Å². The number of likely N-dealkylation sites (tertiary alicyclic amines) is 1. The summed E-state index contributed by atoms with van der Waals surface area (Å²) in [4.78, 5) is 16.4. The highest BCUT2D eigenvalue weighted by molar-refractivity contribution is 6.31. The highest BCUT2D eigenvalue weighted by atomic mass is 35.5. The molecule has 1 unspecified atom stereocenters. The van der Waals surface area contributed by atoms with Gasteiger partial charge in [0.15, 0.2) is 5.69 Å². The molecule has 1 atom stereocenters. The zero-order valence-electron chi connectivity index (χ0n) is 16.1. The van der Waals surface area contributed by atoms with Crippen molar-refractivity contribution in [1.82, 2.24) is 20.0 Å². The van der Waals surface area contributed by atoms with E-state index in [0.29, 0.717) is 35.4 Å². The molecule has 0 spiro atoms. The van der Waals surface area contributed by atoms with E-state index < -0.39 is 23.9 Å². The summed E-state index contributed by atoms with van der Waals surface area (Å²) >= 11 is 6.22. The average molecular weight is 446 g/mol. The van der Waals surface area contributed by atoms with Crippen LogP contribution in [0.5, 0.6) is 0 Å². The molecule has 3 rings (SSSR count).